The van der Waals surface area contributed by atoms with Gasteiger partial charge in [0.15, 0.2) is 23.0 Å². The third kappa shape index (κ3) is 9.88. The van der Waals surface area contributed by atoms with Gasteiger partial charge < -0.3 is 28.8 Å². The number of carbonyl (C=O) groups is 2. The normalized spacial score (nSPS) is 10.8. The van der Waals surface area contributed by atoms with Gasteiger partial charge in [0.05, 0.1) is 38.9 Å². The first-order chi connectivity index (χ1) is 17.5. The average molecular weight is 499 g/mol. The molecule has 36 heavy (non-hydrogen) atoms. The van der Waals surface area contributed by atoms with Crippen molar-refractivity contribution in [1.29, 1.82) is 0 Å². The number of hydrogen-bond donors (Lipinski definition) is 1. The molecule has 0 saturated heterocycles. The van der Waals surface area contributed by atoms with E-state index in [0.717, 1.165) is 6.08 Å². The van der Waals surface area contributed by atoms with Crippen molar-refractivity contribution in [3.63, 3.8) is 0 Å². The minimum absolute atomic E-state index is 0.0543. The van der Waals surface area contributed by atoms with E-state index in [1.165, 1.54) is 18.5 Å². The number of benzene rings is 2. The maximum atomic E-state index is 12.0. The summed E-state index contributed by atoms with van der Waals surface area (Å²) in [4.78, 5) is 23.0. The van der Waals surface area contributed by atoms with Crippen LogP contribution in [0.25, 0.3) is 0 Å². The van der Waals surface area contributed by atoms with Crippen LogP contribution in [0.5, 0.6) is 23.0 Å². The van der Waals surface area contributed by atoms with Crippen LogP contribution >= 0.6 is 0 Å². The Morgan fingerprint density at radius 3 is 2.08 bits per heavy atom. The molecule has 2 aromatic carbocycles. The highest BCUT2D eigenvalue weighted by Gasteiger charge is 2.12. The van der Waals surface area contributed by atoms with Crippen molar-refractivity contribution in [3.05, 3.63) is 60.2 Å². The Hall–Kier alpha value is -4.34. The van der Waals surface area contributed by atoms with Gasteiger partial charge in [-0.25, -0.2) is 9.59 Å². The topological polar surface area (TPSA) is 125 Å². The fraction of sp³-hybridized carbons (Fsp3) is 0.308. The smallest absolute Gasteiger partial charge is 0.504 e. The van der Waals surface area contributed by atoms with Crippen LogP contribution < -0.4 is 14.2 Å². The summed E-state index contributed by atoms with van der Waals surface area (Å²) in [6, 6.07) is 9.79. The number of phenolic OH excluding ortho intramolecular Hbond substituents is 1. The van der Waals surface area contributed by atoms with Crippen molar-refractivity contribution >= 4 is 24.6 Å². The molecule has 2 rings (SSSR count). The number of ether oxygens (including phenoxy) is 5. The van der Waals surface area contributed by atoms with Crippen LogP contribution in [0.1, 0.15) is 37.8 Å². The van der Waals surface area contributed by atoms with Crippen LogP contribution in [-0.4, -0.2) is 56.1 Å². The van der Waals surface area contributed by atoms with Gasteiger partial charge in [-0.15, -0.1) is 0 Å². The minimum Gasteiger partial charge on any atom is -0.504 e. The molecule has 0 bridgehead atoms. The van der Waals surface area contributed by atoms with Crippen molar-refractivity contribution in [3.8, 4) is 23.0 Å². The number of phenols is 1. The zero-order valence-corrected chi connectivity index (χ0v) is 20.3. The van der Waals surface area contributed by atoms with E-state index in [0.29, 0.717) is 48.7 Å². The third-order valence-electron chi connectivity index (χ3n) is 4.39. The number of carbonyl (C=O) groups excluding carboxylic acids is 2. The molecule has 0 aliphatic rings. The average Bonchev–Trinajstić information content (AvgIpc) is 2.87. The summed E-state index contributed by atoms with van der Waals surface area (Å²) in [5.74, 6) is 0.481. The standard InChI is InChI=1S/C26H30N2O8/c1-4-25(30)34-13-7-8-14-35-26(31)36-22-12-10-20(16-24(22)33-6-3)18-28-27-17-19-9-11-21(29)23(15-19)32-5-2/h4,9-12,15-18,29H,1,5-8,13-14H2,2-3H3/b27-17+,28-18+. The van der Waals surface area contributed by atoms with Gasteiger partial charge in [-0.05, 0) is 74.2 Å². The van der Waals surface area contributed by atoms with Crippen molar-refractivity contribution in [1.82, 2.24) is 0 Å². The number of unbranched alkanes of at least 4 members (excludes halogenated alkanes) is 1. The van der Waals surface area contributed by atoms with Gasteiger partial charge in [0.25, 0.3) is 0 Å². The lowest BCUT2D eigenvalue weighted by Gasteiger charge is -2.11. The molecule has 0 radical (unpaired) electrons. The first-order valence-electron chi connectivity index (χ1n) is 11.4. The predicted octanol–water partition coefficient (Wildman–Crippen LogP) is 4.67. The van der Waals surface area contributed by atoms with Crippen LogP contribution in [-0.2, 0) is 14.3 Å². The molecule has 0 heterocycles. The first kappa shape index (κ1) is 27.9. The summed E-state index contributed by atoms with van der Waals surface area (Å²) >= 11 is 0. The van der Waals surface area contributed by atoms with Gasteiger partial charge in [0.1, 0.15) is 0 Å². The Morgan fingerprint density at radius 2 is 1.44 bits per heavy atom. The molecule has 0 atom stereocenters. The Balaban J connectivity index is 1.91. The highest BCUT2D eigenvalue weighted by molar-refractivity contribution is 5.84. The molecule has 0 saturated carbocycles. The summed E-state index contributed by atoms with van der Waals surface area (Å²) < 4.78 is 26.1. The molecule has 2 aromatic rings. The Labute approximate surface area is 209 Å². The molecule has 0 unspecified atom stereocenters. The molecule has 0 fully saturated rings. The van der Waals surface area contributed by atoms with Gasteiger partial charge >= 0.3 is 12.1 Å². The summed E-state index contributed by atoms with van der Waals surface area (Å²) in [7, 11) is 0. The molecule has 0 amide bonds. The fourth-order valence-corrected chi connectivity index (χ4v) is 2.75. The summed E-state index contributed by atoms with van der Waals surface area (Å²) in [5.41, 5.74) is 1.38. The molecular weight excluding hydrogens is 468 g/mol. The third-order valence-corrected chi connectivity index (χ3v) is 4.39. The molecule has 0 aliphatic heterocycles. The fourth-order valence-electron chi connectivity index (χ4n) is 2.75. The molecule has 1 N–H and O–H groups in total. The zero-order valence-electron chi connectivity index (χ0n) is 20.3. The minimum atomic E-state index is -0.870. The monoisotopic (exact) mass is 498 g/mol. The molecular formula is C26H30N2O8. The second-order valence-corrected chi connectivity index (χ2v) is 7.07. The summed E-state index contributed by atoms with van der Waals surface area (Å²) in [6.07, 6.45) is 4.30. The van der Waals surface area contributed by atoms with Crippen molar-refractivity contribution < 1.29 is 38.4 Å². The summed E-state index contributed by atoms with van der Waals surface area (Å²) in [6.45, 7) is 8.07. The van der Waals surface area contributed by atoms with E-state index in [4.69, 9.17) is 23.7 Å². The Morgan fingerprint density at radius 1 is 0.861 bits per heavy atom. The molecule has 10 nitrogen and oxygen atoms in total. The second-order valence-electron chi connectivity index (χ2n) is 7.07. The number of rotatable bonds is 14. The van der Waals surface area contributed by atoms with E-state index in [9.17, 15) is 14.7 Å². The van der Waals surface area contributed by atoms with E-state index < -0.39 is 12.1 Å². The number of aromatic hydroxyl groups is 1. The maximum absolute atomic E-state index is 12.0. The SMILES string of the molecule is C=CC(=O)OCCCCOC(=O)Oc1ccc(/C=N/N=C/c2ccc(O)c(OCC)c2)cc1OCC. The van der Waals surface area contributed by atoms with Crippen LogP contribution in [0.4, 0.5) is 4.79 Å². The molecule has 192 valence electrons. The maximum Gasteiger partial charge on any atom is 0.513 e. The summed E-state index contributed by atoms with van der Waals surface area (Å²) in [5, 5.41) is 17.8. The van der Waals surface area contributed by atoms with E-state index in [1.807, 2.05) is 6.92 Å². The van der Waals surface area contributed by atoms with Gasteiger partial charge in [-0.2, -0.15) is 10.2 Å². The van der Waals surface area contributed by atoms with Crippen LogP contribution in [0.3, 0.4) is 0 Å². The van der Waals surface area contributed by atoms with Crippen molar-refractivity contribution in [2.45, 2.75) is 26.7 Å². The number of nitrogens with zero attached hydrogens (tertiary/aromatic N) is 2. The molecule has 0 aromatic heterocycles. The molecule has 0 aliphatic carbocycles. The largest absolute Gasteiger partial charge is 0.513 e. The lowest BCUT2D eigenvalue weighted by atomic mass is 10.2. The van der Waals surface area contributed by atoms with Crippen LogP contribution in [0.2, 0.25) is 0 Å². The van der Waals surface area contributed by atoms with E-state index in [2.05, 4.69) is 16.8 Å². The van der Waals surface area contributed by atoms with Gasteiger partial charge in [-0.1, -0.05) is 6.58 Å². The second kappa shape index (κ2) is 15.5. The zero-order chi connectivity index (χ0) is 26.2. The Kier molecular flexibility index (Phi) is 12.0. The van der Waals surface area contributed by atoms with Gasteiger partial charge in [0, 0.05) is 6.08 Å². The van der Waals surface area contributed by atoms with Crippen molar-refractivity contribution in [2.24, 2.45) is 10.2 Å². The van der Waals surface area contributed by atoms with Crippen molar-refractivity contribution in [2.75, 3.05) is 26.4 Å². The lowest BCUT2D eigenvalue weighted by molar-refractivity contribution is -0.137. The quantitative estimate of drug-likeness (QED) is 0.0995. The van der Waals surface area contributed by atoms with E-state index in [1.54, 1.807) is 37.3 Å². The van der Waals surface area contributed by atoms with Gasteiger partial charge in [0.2, 0.25) is 0 Å². The molecule has 0 spiro atoms. The number of hydrogen-bond acceptors (Lipinski definition) is 10. The highest BCUT2D eigenvalue weighted by Crippen LogP contribution is 2.29. The van der Waals surface area contributed by atoms with E-state index >= 15 is 0 Å². The van der Waals surface area contributed by atoms with Crippen LogP contribution in [0.15, 0.2) is 59.3 Å². The lowest BCUT2D eigenvalue weighted by Crippen LogP contribution is -2.13. The number of esters is 1. The highest BCUT2D eigenvalue weighted by atomic mass is 16.7. The van der Waals surface area contributed by atoms with Gasteiger partial charge in [-0.3, -0.25) is 0 Å². The first-order valence-corrected chi connectivity index (χ1v) is 11.4. The van der Waals surface area contributed by atoms with E-state index in [-0.39, 0.29) is 24.7 Å². The Bertz CT molecular complexity index is 1080. The molecule has 10 heteroatoms. The predicted molar refractivity (Wildman–Crippen MR) is 134 cm³/mol. The van der Waals surface area contributed by atoms with Crippen LogP contribution in [0, 0.1) is 0 Å².